The Kier molecular flexibility index (Phi) is 8.95. The molecule has 1 unspecified atom stereocenters. The van der Waals surface area contributed by atoms with E-state index in [9.17, 15) is 14.4 Å². The molecule has 1 heterocycles. The van der Waals surface area contributed by atoms with Crippen molar-refractivity contribution < 1.29 is 23.9 Å². The summed E-state index contributed by atoms with van der Waals surface area (Å²) < 4.78 is 11.7. The van der Waals surface area contributed by atoms with Gasteiger partial charge in [0, 0.05) is 17.6 Å². The van der Waals surface area contributed by atoms with Crippen molar-refractivity contribution in [3.8, 4) is 5.75 Å². The molecule has 7 nitrogen and oxygen atoms in total. The first kappa shape index (κ1) is 23.2. The van der Waals surface area contributed by atoms with Crippen LogP contribution in [0.25, 0.3) is 0 Å². The number of halogens is 1. The largest absolute Gasteiger partial charge is 0.493 e. The summed E-state index contributed by atoms with van der Waals surface area (Å²) in [5.74, 6) is -0.232. The fourth-order valence-electron chi connectivity index (χ4n) is 2.95. The normalized spacial score (nSPS) is 16.5. The van der Waals surface area contributed by atoms with Crippen LogP contribution in [0.1, 0.15) is 50.4 Å². The summed E-state index contributed by atoms with van der Waals surface area (Å²) in [4.78, 5) is 39.2. The van der Waals surface area contributed by atoms with Crippen molar-refractivity contribution >= 4 is 33.7 Å². The number of esters is 1. The number of nitrogens with one attached hydrogen (secondary N) is 1. The Labute approximate surface area is 180 Å². The van der Waals surface area contributed by atoms with E-state index in [1.807, 2.05) is 13.0 Å². The van der Waals surface area contributed by atoms with Gasteiger partial charge in [-0.2, -0.15) is 0 Å². The van der Waals surface area contributed by atoms with Gasteiger partial charge < -0.3 is 19.7 Å². The lowest BCUT2D eigenvalue weighted by molar-refractivity contribution is -0.147. The van der Waals surface area contributed by atoms with Crippen molar-refractivity contribution in [2.45, 2.75) is 46.1 Å². The third-order valence-corrected chi connectivity index (χ3v) is 5.04. The predicted molar refractivity (Wildman–Crippen MR) is 113 cm³/mol. The van der Waals surface area contributed by atoms with Crippen LogP contribution >= 0.6 is 15.9 Å². The molecule has 1 saturated heterocycles. The summed E-state index contributed by atoms with van der Waals surface area (Å²) in [5.41, 5.74) is 0.366. The fraction of sp³-hybridized carbons (Fsp3) is 0.571. The van der Waals surface area contributed by atoms with Gasteiger partial charge in [-0.05, 0) is 37.0 Å². The molecule has 2 rings (SSSR count). The van der Waals surface area contributed by atoms with Crippen LogP contribution in [0.15, 0.2) is 22.7 Å². The molecule has 0 spiro atoms. The Hall–Kier alpha value is -2.09. The number of piperazine rings is 1. The first-order valence-electron chi connectivity index (χ1n) is 10.00. The lowest BCUT2D eigenvalue weighted by Gasteiger charge is -2.35. The first-order valence-corrected chi connectivity index (χ1v) is 10.8. The molecule has 1 fully saturated rings. The molecular formula is C21H29BrN2O5. The standard InChI is InChI=1S/C21H29BrN2O5/c1-4-10-29-19(25)13-17-20(26)23-8-9-24(17)21(27)16-12-15(22)5-6-18(16)28-11-7-14(2)3/h5-6,12,14,17H,4,7-11,13H2,1-3H3,(H,23,26). The van der Waals surface area contributed by atoms with E-state index < -0.39 is 12.0 Å². The Balaban J connectivity index is 2.22. The highest BCUT2D eigenvalue weighted by Gasteiger charge is 2.36. The van der Waals surface area contributed by atoms with E-state index in [0.29, 0.717) is 50.0 Å². The fourth-order valence-corrected chi connectivity index (χ4v) is 3.31. The van der Waals surface area contributed by atoms with Crippen molar-refractivity contribution in [2.75, 3.05) is 26.3 Å². The van der Waals surface area contributed by atoms with Crippen LogP contribution in [0.5, 0.6) is 5.75 Å². The molecule has 1 aromatic rings. The van der Waals surface area contributed by atoms with E-state index in [4.69, 9.17) is 9.47 Å². The highest BCUT2D eigenvalue weighted by Crippen LogP contribution is 2.27. The van der Waals surface area contributed by atoms with E-state index in [1.54, 1.807) is 12.1 Å². The average Bonchev–Trinajstić information content (AvgIpc) is 2.68. The minimum atomic E-state index is -0.900. The summed E-state index contributed by atoms with van der Waals surface area (Å²) in [6.45, 7) is 7.53. The molecule has 1 aromatic carbocycles. The summed E-state index contributed by atoms with van der Waals surface area (Å²) in [5, 5.41) is 2.72. The van der Waals surface area contributed by atoms with Crippen LogP contribution in [0, 0.1) is 5.92 Å². The van der Waals surface area contributed by atoms with Crippen molar-refractivity contribution in [1.29, 1.82) is 0 Å². The van der Waals surface area contributed by atoms with Crippen molar-refractivity contribution in [2.24, 2.45) is 5.92 Å². The zero-order chi connectivity index (χ0) is 21.4. The second kappa shape index (κ2) is 11.2. The minimum Gasteiger partial charge on any atom is -0.493 e. The minimum absolute atomic E-state index is 0.172. The quantitative estimate of drug-likeness (QED) is 0.562. The highest BCUT2D eigenvalue weighted by molar-refractivity contribution is 9.10. The number of nitrogens with zero attached hydrogens (tertiary/aromatic N) is 1. The van der Waals surface area contributed by atoms with E-state index in [-0.39, 0.29) is 18.2 Å². The molecule has 1 aliphatic rings. The highest BCUT2D eigenvalue weighted by atomic mass is 79.9. The van der Waals surface area contributed by atoms with E-state index in [2.05, 4.69) is 35.1 Å². The Morgan fingerprint density at radius 3 is 2.76 bits per heavy atom. The molecule has 1 N–H and O–H groups in total. The SMILES string of the molecule is CCCOC(=O)CC1C(=O)NCCN1C(=O)c1cc(Br)ccc1OCCC(C)C. The molecule has 1 aliphatic heterocycles. The van der Waals surface area contributed by atoms with Crippen LogP contribution in [0.4, 0.5) is 0 Å². The first-order chi connectivity index (χ1) is 13.8. The molecule has 1 atom stereocenters. The topological polar surface area (TPSA) is 84.9 Å². The average molecular weight is 469 g/mol. The van der Waals surface area contributed by atoms with Crippen LogP contribution in [0.2, 0.25) is 0 Å². The van der Waals surface area contributed by atoms with Crippen LogP contribution < -0.4 is 10.1 Å². The van der Waals surface area contributed by atoms with Crippen molar-refractivity contribution in [1.82, 2.24) is 10.2 Å². The smallest absolute Gasteiger partial charge is 0.308 e. The predicted octanol–water partition coefficient (Wildman–Crippen LogP) is 3.16. The third-order valence-electron chi connectivity index (χ3n) is 4.54. The molecule has 29 heavy (non-hydrogen) atoms. The summed E-state index contributed by atoms with van der Waals surface area (Å²) in [7, 11) is 0. The van der Waals surface area contributed by atoms with E-state index in [0.717, 1.165) is 10.9 Å². The van der Waals surface area contributed by atoms with Gasteiger partial charge in [-0.25, -0.2) is 0 Å². The lowest BCUT2D eigenvalue weighted by Crippen LogP contribution is -2.57. The van der Waals surface area contributed by atoms with Crippen LogP contribution in [-0.2, 0) is 14.3 Å². The maximum atomic E-state index is 13.3. The van der Waals surface area contributed by atoms with Gasteiger partial charge in [-0.3, -0.25) is 14.4 Å². The maximum Gasteiger partial charge on any atom is 0.308 e. The molecular weight excluding hydrogens is 440 g/mol. The van der Waals surface area contributed by atoms with Crippen molar-refractivity contribution in [3.05, 3.63) is 28.2 Å². The van der Waals surface area contributed by atoms with Gasteiger partial charge in [-0.15, -0.1) is 0 Å². The monoisotopic (exact) mass is 468 g/mol. The van der Waals surface area contributed by atoms with Gasteiger partial charge in [-0.1, -0.05) is 36.7 Å². The summed E-state index contributed by atoms with van der Waals surface area (Å²) in [6, 6.07) is 4.34. The van der Waals surface area contributed by atoms with Gasteiger partial charge in [0.1, 0.15) is 11.8 Å². The Morgan fingerprint density at radius 1 is 1.31 bits per heavy atom. The van der Waals surface area contributed by atoms with Gasteiger partial charge >= 0.3 is 5.97 Å². The lowest BCUT2D eigenvalue weighted by atomic mass is 10.1. The second-order valence-corrected chi connectivity index (χ2v) is 8.32. The number of amides is 2. The number of hydrogen-bond donors (Lipinski definition) is 1. The van der Waals surface area contributed by atoms with Gasteiger partial charge in [0.05, 0.1) is 25.2 Å². The number of hydrogen-bond acceptors (Lipinski definition) is 5. The van der Waals surface area contributed by atoms with Crippen molar-refractivity contribution in [3.63, 3.8) is 0 Å². The Morgan fingerprint density at radius 2 is 2.07 bits per heavy atom. The zero-order valence-electron chi connectivity index (χ0n) is 17.2. The second-order valence-electron chi connectivity index (χ2n) is 7.40. The Bertz CT molecular complexity index is 738. The summed E-state index contributed by atoms with van der Waals surface area (Å²) >= 11 is 3.40. The number of carbonyl (C=O) groups excluding carboxylic acids is 3. The van der Waals surface area contributed by atoms with Gasteiger partial charge in [0.25, 0.3) is 5.91 Å². The molecule has 2 amide bonds. The van der Waals surface area contributed by atoms with Crippen LogP contribution in [0.3, 0.4) is 0 Å². The molecule has 0 bridgehead atoms. The molecule has 0 aliphatic carbocycles. The number of carbonyl (C=O) groups is 3. The molecule has 8 heteroatoms. The van der Waals surface area contributed by atoms with E-state index in [1.165, 1.54) is 4.90 Å². The molecule has 160 valence electrons. The molecule has 0 radical (unpaired) electrons. The molecule has 0 aromatic heterocycles. The van der Waals surface area contributed by atoms with Gasteiger partial charge in [0.15, 0.2) is 0 Å². The maximum absolute atomic E-state index is 13.3. The number of ether oxygens (including phenoxy) is 2. The third kappa shape index (κ3) is 6.73. The van der Waals surface area contributed by atoms with E-state index >= 15 is 0 Å². The van der Waals surface area contributed by atoms with Gasteiger partial charge in [0.2, 0.25) is 5.91 Å². The number of rotatable bonds is 9. The zero-order valence-corrected chi connectivity index (χ0v) is 18.8. The van der Waals surface area contributed by atoms with Crippen LogP contribution in [-0.4, -0.2) is 55.0 Å². The number of benzene rings is 1. The molecule has 0 saturated carbocycles. The summed E-state index contributed by atoms with van der Waals surface area (Å²) in [6.07, 6.45) is 1.39.